The van der Waals surface area contributed by atoms with Gasteiger partial charge in [0, 0.05) is 24.2 Å². The molecule has 2 aromatic rings. The van der Waals surface area contributed by atoms with Crippen molar-refractivity contribution in [2.24, 2.45) is 5.10 Å². The monoisotopic (exact) mass is 380 g/mol. The molecule has 27 heavy (non-hydrogen) atoms. The van der Waals surface area contributed by atoms with Gasteiger partial charge in [-0.1, -0.05) is 42.1 Å². The molecule has 138 valence electrons. The molecule has 2 aromatic carbocycles. The molecule has 2 aliphatic rings. The van der Waals surface area contributed by atoms with Crippen LogP contribution in [0.1, 0.15) is 11.1 Å². The lowest BCUT2D eigenvalue weighted by Gasteiger charge is -2.32. The SMILES string of the molecule is COc1cccc(N2C=CN3C(SCc4ccccc4C)=NNC3C2=O)c1. The summed E-state index contributed by atoms with van der Waals surface area (Å²) < 4.78 is 5.25. The van der Waals surface area contributed by atoms with E-state index in [9.17, 15) is 4.79 Å². The number of hydrazone groups is 1. The first kappa shape index (κ1) is 17.5. The van der Waals surface area contributed by atoms with Crippen molar-refractivity contribution in [1.29, 1.82) is 0 Å². The summed E-state index contributed by atoms with van der Waals surface area (Å²) in [5, 5.41) is 5.16. The van der Waals surface area contributed by atoms with Crippen LogP contribution in [0.2, 0.25) is 0 Å². The molecule has 1 unspecified atom stereocenters. The molecule has 0 spiro atoms. The summed E-state index contributed by atoms with van der Waals surface area (Å²) in [6, 6.07) is 15.7. The first-order valence-electron chi connectivity index (χ1n) is 8.61. The van der Waals surface area contributed by atoms with Crippen LogP contribution in [0.4, 0.5) is 5.69 Å². The molecular formula is C20H20N4O2S. The van der Waals surface area contributed by atoms with Gasteiger partial charge in [0.15, 0.2) is 5.17 Å². The summed E-state index contributed by atoms with van der Waals surface area (Å²) in [6.07, 6.45) is 3.13. The number of aryl methyl sites for hydroxylation is 1. The Kier molecular flexibility index (Phi) is 4.77. The zero-order valence-corrected chi connectivity index (χ0v) is 15.9. The van der Waals surface area contributed by atoms with Gasteiger partial charge < -0.3 is 4.74 Å². The fraction of sp³-hybridized carbons (Fsp3) is 0.200. The molecular weight excluding hydrogens is 360 g/mol. The lowest BCUT2D eigenvalue weighted by atomic mass is 10.1. The molecule has 2 heterocycles. The van der Waals surface area contributed by atoms with Crippen molar-refractivity contribution in [2.75, 3.05) is 12.0 Å². The van der Waals surface area contributed by atoms with Crippen molar-refractivity contribution in [3.05, 3.63) is 72.1 Å². The first-order chi connectivity index (χ1) is 13.2. The van der Waals surface area contributed by atoms with Gasteiger partial charge in [-0.05, 0) is 30.2 Å². The van der Waals surface area contributed by atoms with Crippen LogP contribution < -0.4 is 15.1 Å². The Bertz CT molecular complexity index is 928. The van der Waals surface area contributed by atoms with Gasteiger partial charge >= 0.3 is 0 Å². The quantitative estimate of drug-likeness (QED) is 0.882. The van der Waals surface area contributed by atoms with Gasteiger partial charge in [0.2, 0.25) is 6.17 Å². The Morgan fingerprint density at radius 1 is 1.19 bits per heavy atom. The number of carbonyl (C=O) groups is 1. The minimum atomic E-state index is -0.527. The number of amidine groups is 1. The summed E-state index contributed by atoms with van der Waals surface area (Å²) in [4.78, 5) is 16.4. The number of benzene rings is 2. The molecule has 7 heteroatoms. The van der Waals surface area contributed by atoms with Crippen molar-refractivity contribution in [3.8, 4) is 5.75 Å². The molecule has 0 fully saturated rings. The van der Waals surface area contributed by atoms with Gasteiger partial charge in [-0.15, -0.1) is 0 Å². The second kappa shape index (κ2) is 7.36. The standard InChI is InChI=1S/C20H20N4O2S/c1-14-6-3-4-7-15(14)13-27-20-22-21-18-19(25)23(10-11-24(18)20)16-8-5-9-17(12-16)26-2/h3-12,18,21H,13H2,1-2H3. The smallest absolute Gasteiger partial charge is 0.276 e. The largest absolute Gasteiger partial charge is 0.497 e. The number of nitrogens with one attached hydrogen (secondary N) is 1. The summed E-state index contributed by atoms with van der Waals surface area (Å²) in [5.41, 5.74) is 6.23. The van der Waals surface area contributed by atoms with Crippen molar-refractivity contribution < 1.29 is 9.53 Å². The van der Waals surface area contributed by atoms with Crippen LogP contribution in [-0.4, -0.2) is 29.3 Å². The van der Waals surface area contributed by atoms with E-state index in [2.05, 4.69) is 29.6 Å². The third kappa shape index (κ3) is 3.38. The zero-order valence-electron chi connectivity index (χ0n) is 15.1. The van der Waals surface area contributed by atoms with E-state index in [1.165, 1.54) is 11.1 Å². The normalized spacial score (nSPS) is 18.2. The molecule has 1 atom stereocenters. The Morgan fingerprint density at radius 3 is 2.85 bits per heavy atom. The minimum Gasteiger partial charge on any atom is -0.497 e. The third-order valence-corrected chi connectivity index (χ3v) is 5.59. The number of hydrogen-bond acceptors (Lipinski definition) is 6. The fourth-order valence-electron chi connectivity index (χ4n) is 3.01. The number of fused-ring (bicyclic) bond motifs is 1. The van der Waals surface area contributed by atoms with E-state index in [-0.39, 0.29) is 5.91 Å². The number of carbonyl (C=O) groups excluding carboxylic acids is 1. The molecule has 0 saturated heterocycles. The van der Waals surface area contributed by atoms with E-state index in [0.717, 1.165) is 16.6 Å². The summed E-state index contributed by atoms with van der Waals surface area (Å²) in [7, 11) is 1.61. The first-order valence-corrected chi connectivity index (χ1v) is 9.60. The van der Waals surface area contributed by atoms with Crippen LogP contribution in [0.5, 0.6) is 5.75 Å². The highest BCUT2D eigenvalue weighted by molar-refractivity contribution is 8.13. The van der Waals surface area contributed by atoms with Gasteiger partial charge in [0.25, 0.3) is 5.91 Å². The minimum absolute atomic E-state index is 0.0824. The number of hydrogen-bond donors (Lipinski definition) is 1. The van der Waals surface area contributed by atoms with E-state index in [1.807, 2.05) is 47.5 Å². The lowest BCUT2D eigenvalue weighted by Crippen LogP contribution is -2.52. The topological polar surface area (TPSA) is 57.2 Å². The number of methoxy groups -OCH3 is 1. The van der Waals surface area contributed by atoms with Gasteiger partial charge in [-0.2, -0.15) is 5.10 Å². The number of ether oxygens (including phenoxy) is 1. The van der Waals surface area contributed by atoms with E-state index in [1.54, 1.807) is 30.0 Å². The highest BCUT2D eigenvalue weighted by atomic mass is 32.2. The average molecular weight is 380 g/mol. The van der Waals surface area contributed by atoms with E-state index < -0.39 is 6.17 Å². The molecule has 2 aliphatic heterocycles. The van der Waals surface area contributed by atoms with Crippen LogP contribution >= 0.6 is 11.8 Å². The van der Waals surface area contributed by atoms with Crippen molar-refractivity contribution in [1.82, 2.24) is 10.3 Å². The van der Waals surface area contributed by atoms with Crippen LogP contribution in [0, 0.1) is 6.92 Å². The molecule has 4 rings (SSSR count). The number of thioether (sulfide) groups is 1. The zero-order chi connectivity index (χ0) is 18.8. The number of amides is 1. The van der Waals surface area contributed by atoms with Crippen molar-refractivity contribution >= 4 is 28.5 Å². The summed E-state index contributed by atoms with van der Waals surface area (Å²) in [5.74, 6) is 1.43. The molecule has 0 aliphatic carbocycles. The Morgan fingerprint density at radius 2 is 2.04 bits per heavy atom. The van der Waals surface area contributed by atoms with Crippen LogP contribution in [0.15, 0.2) is 66.0 Å². The van der Waals surface area contributed by atoms with Crippen LogP contribution in [-0.2, 0) is 10.5 Å². The van der Waals surface area contributed by atoms with Gasteiger partial charge in [0.05, 0.1) is 12.8 Å². The van der Waals surface area contributed by atoms with E-state index in [0.29, 0.717) is 5.75 Å². The molecule has 0 saturated carbocycles. The number of anilines is 1. The Hall–Kier alpha value is -2.93. The third-order valence-electron chi connectivity index (χ3n) is 4.58. The maximum Gasteiger partial charge on any atom is 0.276 e. The van der Waals surface area contributed by atoms with E-state index >= 15 is 0 Å². The molecule has 0 aromatic heterocycles. The second-order valence-corrected chi connectivity index (χ2v) is 7.20. The number of rotatable bonds is 4. The van der Waals surface area contributed by atoms with Gasteiger partial charge in [-0.3, -0.25) is 20.0 Å². The van der Waals surface area contributed by atoms with Crippen LogP contribution in [0.25, 0.3) is 0 Å². The predicted octanol–water partition coefficient (Wildman–Crippen LogP) is 3.26. The van der Waals surface area contributed by atoms with Gasteiger partial charge in [0.1, 0.15) is 5.75 Å². The molecule has 1 N–H and O–H groups in total. The molecule has 0 bridgehead atoms. The lowest BCUT2D eigenvalue weighted by molar-refractivity contribution is -0.122. The highest BCUT2D eigenvalue weighted by Gasteiger charge is 2.38. The predicted molar refractivity (Wildman–Crippen MR) is 108 cm³/mol. The number of nitrogens with zero attached hydrogens (tertiary/aromatic N) is 3. The average Bonchev–Trinajstić information content (AvgIpc) is 3.12. The maximum absolute atomic E-state index is 12.9. The molecule has 0 radical (unpaired) electrons. The molecule has 1 amide bonds. The van der Waals surface area contributed by atoms with Crippen molar-refractivity contribution in [2.45, 2.75) is 18.8 Å². The Labute approximate surface area is 162 Å². The molecule has 6 nitrogen and oxygen atoms in total. The van der Waals surface area contributed by atoms with E-state index in [4.69, 9.17) is 4.74 Å². The van der Waals surface area contributed by atoms with Crippen LogP contribution in [0.3, 0.4) is 0 Å². The maximum atomic E-state index is 12.9. The Balaban J connectivity index is 1.49. The highest BCUT2D eigenvalue weighted by Crippen LogP contribution is 2.29. The van der Waals surface area contributed by atoms with Gasteiger partial charge in [-0.25, -0.2) is 0 Å². The fourth-order valence-corrected chi connectivity index (χ4v) is 4.05. The summed E-state index contributed by atoms with van der Waals surface area (Å²) >= 11 is 1.61. The van der Waals surface area contributed by atoms with Crippen molar-refractivity contribution in [3.63, 3.8) is 0 Å². The summed E-state index contributed by atoms with van der Waals surface area (Å²) in [6.45, 7) is 2.10. The second-order valence-electron chi connectivity index (χ2n) is 6.26.